The van der Waals surface area contributed by atoms with E-state index in [2.05, 4.69) is 42.0 Å². The Morgan fingerprint density at radius 3 is 2.08 bits per heavy atom. The number of rotatable bonds is 18. The molecule has 3 unspecified atom stereocenters. The van der Waals surface area contributed by atoms with Gasteiger partial charge in [-0.3, -0.25) is 24.5 Å². The van der Waals surface area contributed by atoms with Crippen molar-refractivity contribution in [3.63, 3.8) is 0 Å². The van der Waals surface area contributed by atoms with Crippen molar-refractivity contribution in [1.29, 1.82) is 0 Å². The molecule has 2 aliphatic rings. The molecule has 526 valence electrons. The highest BCUT2D eigenvalue weighted by Crippen LogP contribution is 2.43. The zero-order valence-corrected chi connectivity index (χ0v) is 61.0. The first-order valence-corrected chi connectivity index (χ1v) is 37.2. The summed E-state index contributed by atoms with van der Waals surface area (Å²) in [6.07, 6.45) is 5.54. The first-order chi connectivity index (χ1) is 44.0. The number of alkyl halides is 6. The summed E-state index contributed by atoms with van der Waals surface area (Å²) in [5.74, 6) is -1.08. The average molecular weight is 1490 g/mol. The Balaban J connectivity index is 0.000000312. The van der Waals surface area contributed by atoms with E-state index in [-0.39, 0.29) is 63.4 Å². The molecule has 3 heterocycles. The zero-order chi connectivity index (χ0) is 72.2. The Kier molecular flexibility index (Phi) is 32.8. The minimum Gasteiger partial charge on any atom is -0.778 e. The summed E-state index contributed by atoms with van der Waals surface area (Å²) in [4.78, 5) is 78.2. The lowest BCUT2D eigenvalue weighted by Crippen LogP contribution is -2.47. The molecule has 0 radical (unpaired) electrons. The number of ether oxygens (including phenoxy) is 3. The number of anilines is 2. The third-order valence-electron chi connectivity index (χ3n) is 12.8. The molecular formula is C62H79Cl5F3N6O16PS2. The van der Waals surface area contributed by atoms with E-state index in [9.17, 15) is 55.0 Å². The quantitative estimate of drug-likeness (QED) is 0.0312. The van der Waals surface area contributed by atoms with Crippen LogP contribution in [0.15, 0.2) is 97.6 Å². The Hall–Kier alpha value is -5.68. The first kappa shape index (κ1) is 83.5. The van der Waals surface area contributed by atoms with Gasteiger partial charge in [0.05, 0.1) is 106 Å². The van der Waals surface area contributed by atoms with Crippen molar-refractivity contribution in [2.45, 2.75) is 127 Å². The Morgan fingerprint density at radius 1 is 0.958 bits per heavy atom. The highest BCUT2D eigenvalue weighted by Gasteiger charge is 2.37. The van der Waals surface area contributed by atoms with Gasteiger partial charge in [-0.05, 0) is 112 Å². The number of sulfone groups is 1. The maximum absolute atomic E-state index is 12.8. The van der Waals surface area contributed by atoms with Crippen LogP contribution in [-0.4, -0.2) is 144 Å². The lowest BCUT2D eigenvalue weighted by molar-refractivity contribution is -0.193. The lowest BCUT2D eigenvalue weighted by Gasteiger charge is -2.35. The molecule has 1 aliphatic carbocycles. The number of hydrogen-bond acceptors (Lipinski definition) is 17. The number of carboxylic acids is 1. The maximum Gasteiger partial charge on any atom is 0.442 e. The number of nitrogens with one attached hydrogen (secondary N) is 1. The van der Waals surface area contributed by atoms with E-state index in [4.69, 9.17) is 91.2 Å². The Bertz CT molecular complexity index is 3780. The molecule has 3 atom stereocenters. The van der Waals surface area contributed by atoms with E-state index in [1.807, 2.05) is 97.1 Å². The van der Waals surface area contributed by atoms with Crippen LogP contribution in [0.4, 0.5) is 24.5 Å². The second-order valence-corrected chi connectivity index (χ2v) is 31.2. The smallest absolute Gasteiger partial charge is 0.442 e. The molecule has 33 heteroatoms. The molecule has 95 heavy (non-hydrogen) atoms. The maximum atomic E-state index is 12.8. The number of aromatic nitrogens is 3. The van der Waals surface area contributed by atoms with Crippen LogP contribution in [0.25, 0.3) is 5.69 Å². The number of hydrogen-bond donors (Lipinski definition) is 3. The number of methoxy groups -OCH3 is 1. The number of benzene rings is 4. The number of amides is 2. The summed E-state index contributed by atoms with van der Waals surface area (Å²) in [7, 11) is -6.11. The van der Waals surface area contributed by atoms with Crippen molar-refractivity contribution in [1.82, 2.24) is 20.3 Å². The molecular weight excluding hydrogens is 1410 g/mol. The van der Waals surface area contributed by atoms with E-state index in [0.717, 1.165) is 58.8 Å². The van der Waals surface area contributed by atoms with Gasteiger partial charge in [-0.15, -0.1) is 16.7 Å². The predicted molar refractivity (Wildman–Crippen MR) is 363 cm³/mol. The summed E-state index contributed by atoms with van der Waals surface area (Å²) in [6, 6.07) is 18.5. The largest absolute Gasteiger partial charge is 0.778 e. The van der Waals surface area contributed by atoms with E-state index in [1.54, 1.807) is 23.0 Å². The van der Waals surface area contributed by atoms with Crippen LogP contribution in [-0.2, 0) is 62.4 Å². The van der Waals surface area contributed by atoms with Crippen molar-refractivity contribution in [3.8, 4) is 17.2 Å². The van der Waals surface area contributed by atoms with Crippen LogP contribution in [0.5, 0.6) is 11.5 Å². The fourth-order valence-corrected chi connectivity index (χ4v) is 10.7. The Morgan fingerprint density at radius 2 is 1.58 bits per heavy atom. The van der Waals surface area contributed by atoms with Crippen LogP contribution >= 0.6 is 65.6 Å². The van der Waals surface area contributed by atoms with Crippen LogP contribution in [0.2, 0.25) is 10.0 Å². The van der Waals surface area contributed by atoms with Crippen molar-refractivity contribution >= 4 is 121 Å². The molecule has 2 amide bonds. The number of aryl methyl sites for hydroxylation is 2. The predicted octanol–water partition coefficient (Wildman–Crippen LogP) is 11.8. The van der Waals surface area contributed by atoms with Gasteiger partial charge < -0.3 is 52.4 Å². The number of ketones is 1. The summed E-state index contributed by atoms with van der Waals surface area (Å²) < 4.78 is 99.9. The molecule has 1 fully saturated rings. The molecule has 6 aromatic rings. The molecule has 3 N–H and O–H groups in total. The number of nitrogens with zero attached hydrogens (tertiary/aromatic N) is 5. The highest BCUT2D eigenvalue weighted by atomic mass is 35.5. The van der Waals surface area contributed by atoms with Gasteiger partial charge in [-0.1, -0.05) is 110 Å². The minimum absolute atomic E-state index is 0.0223. The highest BCUT2D eigenvalue weighted by molar-refractivity contribution is 7.94. The summed E-state index contributed by atoms with van der Waals surface area (Å²) >= 11 is 29.3. The van der Waals surface area contributed by atoms with Gasteiger partial charge in [0, 0.05) is 36.3 Å². The third kappa shape index (κ3) is 26.3. The van der Waals surface area contributed by atoms with Crippen molar-refractivity contribution < 1.29 is 83.4 Å². The van der Waals surface area contributed by atoms with Crippen LogP contribution in [0.1, 0.15) is 118 Å². The SMILES string of the molecule is CC(C)Oc1cc(-n2nc(C(C)(C)C)oc2=O)c(Cl)cc1Cl.CC1COc2ccccc2N1C(=O)C(Cl)Cl.CCc1cccc(C)c1N(C(=O)CCl)C(C)COC.CS(=O)(=O)c1cc(C(F)(F)F)ccc1C(=O)c1cnoc1C1CC1.C[S+](C)C.O=C(O)CNCP(=O)([O-])O. The molecule has 22 nitrogen and oxygen atoms in total. The number of halogens is 8. The van der Waals surface area contributed by atoms with E-state index < -0.39 is 69.2 Å². The second-order valence-electron chi connectivity index (χ2n) is 23.0. The molecule has 0 spiro atoms. The van der Waals surface area contributed by atoms with E-state index in [0.29, 0.717) is 70.1 Å². The number of carbonyl (C=O) groups is 4. The number of carbonyl (C=O) groups excluding carboxylic acids is 3. The van der Waals surface area contributed by atoms with Gasteiger partial charge in [0.2, 0.25) is 11.8 Å². The Labute approximate surface area is 578 Å². The fourth-order valence-electron chi connectivity index (χ4n) is 8.52. The summed E-state index contributed by atoms with van der Waals surface area (Å²) in [6.45, 7) is 17.9. The summed E-state index contributed by atoms with van der Waals surface area (Å²) in [5.41, 5.74) is 2.54. The number of fused-ring (bicyclic) bond motifs is 1. The molecule has 4 aromatic carbocycles. The van der Waals surface area contributed by atoms with Gasteiger partial charge in [0.25, 0.3) is 5.91 Å². The van der Waals surface area contributed by atoms with E-state index in [1.165, 1.54) is 12.3 Å². The first-order valence-electron chi connectivity index (χ1n) is 28.9. The van der Waals surface area contributed by atoms with Crippen LogP contribution in [0.3, 0.4) is 0 Å². The van der Waals surface area contributed by atoms with Crippen LogP contribution < -0.4 is 35.2 Å². The van der Waals surface area contributed by atoms with Gasteiger partial charge in [-0.25, -0.2) is 13.2 Å². The number of carboxylic acid groups (broad SMARTS) is 1. The van der Waals surface area contributed by atoms with Crippen molar-refractivity contribution in [2.75, 3.05) is 73.9 Å². The average Bonchev–Trinajstić information content (AvgIpc) is 1.77. The fraction of sp³-hybridized carbons (Fsp3) is 0.468. The van der Waals surface area contributed by atoms with E-state index >= 15 is 0 Å². The van der Waals surface area contributed by atoms with Gasteiger partial charge >= 0.3 is 17.9 Å². The zero-order valence-electron chi connectivity index (χ0n) is 54.7. The molecule has 0 bridgehead atoms. The second kappa shape index (κ2) is 37.3. The van der Waals surface area contributed by atoms with Crippen LogP contribution in [0, 0.1) is 6.92 Å². The van der Waals surface area contributed by atoms with Gasteiger partial charge in [-0.2, -0.15) is 17.9 Å². The molecule has 2 aromatic heterocycles. The number of para-hydroxylation sites is 3. The number of aliphatic carboxylic acids is 1. The molecule has 1 aliphatic heterocycles. The molecule has 1 saturated carbocycles. The lowest BCUT2D eigenvalue weighted by atomic mass is 9.97. The standard InChI is InChI=1S/C15H18Cl2N2O3.C15H22ClNO2.C15H12F3NO4S.C11H11Cl2NO2.C3H8NO5P.C3H9S/c1-8(2)21-12-7-11(9(16)6-10(12)17)19-14(20)22-13(18-19)15(3,4)5;1-5-13-8-6-7-11(2)15(13)17(14(18)9-16)12(3)10-19-4;1-24(21,22)12-6-9(15(16,17)18)4-5-10(12)13(20)11-7-19-23-14(11)8-2-3-8;1-7-6-16-9-5-3-2-4-8(9)14(7)11(15)10(12)13;5-3(6)1-4-2-10(7,8)9;1-4(2)3/h6-8H,1-5H3;6-8,12H,5,9-10H2,1-4H3;4-8H,2-3H2,1H3;2-5,7,10H,6H2,1H3;4H,1-2H2,(H,5,6)(H2,7,8,9);1-3H3/q;;;;;+1/p-1. The molecule has 8 rings (SSSR count). The normalized spacial score (nSPS) is 14.5. The van der Waals surface area contributed by atoms with Gasteiger partial charge in [0.15, 0.2) is 26.2 Å². The minimum atomic E-state index is -4.71. The van der Waals surface area contributed by atoms with Crippen molar-refractivity contribution in [2.24, 2.45) is 0 Å². The monoisotopic (exact) mass is 1490 g/mol. The molecule has 0 saturated heterocycles. The van der Waals surface area contributed by atoms with Crippen molar-refractivity contribution in [3.05, 3.63) is 139 Å². The topological polar surface area (TPSA) is 303 Å². The van der Waals surface area contributed by atoms with Gasteiger partial charge in [0.1, 0.15) is 31.6 Å². The summed E-state index contributed by atoms with van der Waals surface area (Å²) in [5, 5.41) is 18.4. The third-order valence-corrected chi connectivity index (χ3v) is 15.7.